The Hall–Kier alpha value is -1.00. The first kappa shape index (κ1) is 15.1. The van der Waals surface area contributed by atoms with Gasteiger partial charge in [0.15, 0.2) is 0 Å². The van der Waals surface area contributed by atoms with Gasteiger partial charge in [-0.1, -0.05) is 12.1 Å². The van der Waals surface area contributed by atoms with E-state index >= 15 is 0 Å². The van der Waals surface area contributed by atoms with Crippen molar-refractivity contribution < 1.29 is 9.90 Å². The zero-order chi connectivity index (χ0) is 13.5. The van der Waals surface area contributed by atoms with E-state index in [1.165, 1.54) is 0 Å². The Bertz CT molecular complexity index is 374. The molecule has 2 N–H and O–H groups in total. The molecule has 18 heavy (non-hydrogen) atoms. The maximum absolute atomic E-state index is 11.4. The Morgan fingerprint density at radius 1 is 1.28 bits per heavy atom. The van der Waals surface area contributed by atoms with E-state index in [1.54, 1.807) is 18.7 Å². The van der Waals surface area contributed by atoms with E-state index in [0.717, 1.165) is 16.2 Å². The van der Waals surface area contributed by atoms with Crippen molar-refractivity contribution in [3.8, 4) is 0 Å². The van der Waals surface area contributed by atoms with Crippen LogP contribution in [0.5, 0.6) is 0 Å². The maximum Gasteiger partial charge on any atom is 0.221 e. The van der Waals surface area contributed by atoms with Crippen LogP contribution in [0.2, 0.25) is 0 Å². The van der Waals surface area contributed by atoms with Gasteiger partial charge in [0.05, 0.1) is 6.10 Å². The summed E-state index contributed by atoms with van der Waals surface area (Å²) in [6.45, 7) is 5.66. The van der Waals surface area contributed by atoms with E-state index in [1.807, 2.05) is 38.1 Å². The van der Waals surface area contributed by atoms with Crippen molar-refractivity contribution >= 4 is 17.7 Å². The molecule has 0 saturated heterocycles. The zero-order valence-corrected chi connectivity index (χ0v) is 12.0. The third kappa shape index (κ3) is 5.56. The van der Waals surface area contributed by atoms with Gasteiger partial charge >= 0.3 is 0 Å². The van der Waals surface area contributed by atoms with Crippen LogP contribution in [-0.4, -0.2) is 22.8 Å². The van der Waals surface area contributed by atoms with Crippen molar-refractivity contribution in [2.45, 2.75) is 44.2 Å². The van der Waals surface area contributed by atoms with Crippen LogP contribution in [0.1, 0.15) is 38.9 Å². The lowest BCUT2D eigenvalue weighted by Gasteiger charge is -2.08. The summed E-state index contributed by atoms with van der Waals surface area (Å²) in [4.78, 5) is 12.6. The fraction of sp³-hybridized carbons (Fsp3) is 0.500. The third-order valence-electron chi connectivity index (χ3n) is 2.41. The van der Waals surface area contributed by atoms with E-state index in [4.69, 9.17) is 0 Å². The van der Waals surface area contributed by atoms with E-state index in [2.05, 4.69) is 5.32 Å². The second-order valence-electron chi connectivity index (χ2n) is 4.57. The van der Waals surface area contributed by atoms with Crippen LogP contribution in [-0.2, 0) is 4.79 Å². The summed E-state index contributed by atoms with van der Waals surface area (Å²) in [6, 6.07) is 8.00. The number of rotatable bonds is 6. The smallest absolute Gasteiger partial charge is 0.221 e. The van der Waals surface area contributed by atoms with Crippen molar-refractivity contribution in [3.63, 3.8) is 0 Å². The Morgan fingerprint density at radius 3 is 2.39 bits per heavy atom. The van der Waals surface area contributed by atoms with Crippen molar-refractivity contribution in [1.29, 1.82) is 0 Å². The van der Waals surface area contributed by atoms with Crippen molar-refractivity contribution in [3.05, 3.63) is 29.8 Å². The molecule has 0 bridgehead atoms. The number of carbonyl (C=O) groups excluding carboxylic acids is 1. The van der Waals surface area contributed by atoms with Gasteiger partial charge in [-0.25, -0.2) is 0 Å². The molecule has 4 heteroatoms. The van der Waals surface area contributed by atoms with Crippen LogP contribution in [0.25, 0.3) is 0 Å². The second kappa shape index (κ2) is 7.44. The summed E-state index contributed by atoms with van der Waals surface area (Å²) in [5.74, 6) is 0.866. The van der Waals surface area contributed by atoms with Gasteiger partial charge in [0.1, 0.15) is 0 Å². The number of hydrogen-bond acceptors (Lipinski definition) is 3. The maximum atomic E-state index is 11.4. The number of thioether (sulfide) groups is 1. The quantitative estimate of drug-likeness (QED) is 0.779. The lowest BCUT2D eigenvalue weighted by Crippen LogP contribution is -2.30. The van der Waals surface area contributed by atoms with E-state index < -0.39 is 6.10 Å². The summed E-state index contributed by atoms with van der Waals surface area (Å²) < 4.78 is 0. The lowest BCUT2D eigenvalue weighted by atomic mass is 10.1. The molecule has 0 spiro atoms. The largest absolute Gasteiger partial charge is 0.389 e. The minimum Gasteiger partial charge on any atom is -0.389 e. The molecule has 1 unspecified atom stereocenters. The Morgan fingerprint density at radius 2 is 1.89 bits per heavy atom. The zero-order valence-electron chi connectivity index (χ0n) is 11.1. The summed E-state index contributed by atoms with van der Waals surface area (Å²) >= 11 is 1.65. The predicted molar refractivity (Wildman–Crippen MR) is 75.7 cm³/mol. The molecule has 0 aliphatic carbocycles. The van der Waals surface area contributed by atoms with Crippen LogP contribution in [0.15, 0.2) is 29.2 Å². The molecule has 0 fully saturated rings. The van der Waals surface area contributed by atoms with Gasteiger partial charge in [0.25, 0.3) is 0 Å². The van der Waals surface area contributed by atoms with Gasteiger partial charge in [-0.15, -0.1) is 11.8 Å². The molecule has 0 aliphatic heterocycles. The number of aliphatic hydroxyl groups excluding tert-OH is 1. The second-order valence-corrected chi connectivity index (χ2v) is 5.73. The highest BCUT2D eigenvalue weighted by Gasteiger charge is 2.04. The monoisotopic (exact) mass is 267 g/mol. The molecule has 1 amide bonds. The first-order chi connectivity index (χ1) is 8.49. The SMILES string of the molecule is CC(C)NC(=O)CCSc1ccc(C(C)O)cc1. The van der Waals surface area contributed by atoms with Gasteiger partial charge < -0.3 is 10.4 Å². The minimum atomic E-state index is -0.430. The van der Waals surface area contributed by atoms with Crippen LogP contribution in [0, 0.1) is 0 Å². The lowest BCUT2D eigenvalue weighted by molar-refractivity contribution is -0.121. The Kier molecular flexibility index (Phi) is 6.22. The molecule has 1 aromatic carbocycles. The highest BCUT2D eigenvalue weighted by atomic mass is 32.2. The molecule has 1 rings (SSSR count). The average Bonchev–Trinajstić information content (AvgIpc) is 2.28. The molecule has 100 valence electrons. The highest BCUT2D eigenvalue weighted by Crippen LogP contribution is 2.21. The molecule has 0 radical (unpaired) electrons. The molecular weight excluding hydrogens is 246 g/mol. The fourth-order valence-electron chi connectivity index (χ4n) is 1.50. The summed E-state index contributed by atoms with van der Waals surface area (Å²) in [5, 5.41) is 12.3. The molecule has 0 aromatic heterocycles. The topological polar surface area (TPSA) is 49.3 Å². The predicted octanol–water partition coefficient (Wildman–Crippen LogP) is 2.75. The first-order valence-corrected chi connectivity index (χ1v) is 7.18. The molecule has 1 aromatic rings. The van der Waals surface area contributed by atoms with Crippen molar-refractivity contribution in [2.24, 2.45) is 0 Å². The molecule has 0 aliphatic rings. The number of amides is 1. The van der Waals surface area contributed by atoms with E-state index in [-0.39, 0.29) is 11.9 Å². The van der Waals surface area contributed by atoms with Gasteiger partial charge in [0.2, 0.25) is 5.91 Å². The van der Waals surface area contributed by atoms with Gasteiger partial charge in [-0.05, 0) is 38.5 Å². The van der Waals surface area contributed by atoms with E-state index in [0.29, 0.717) is 6.42 Å². The van der Waals surface area contributed by atoms with Gasteiger partial charge in [0, 0.05) is 23.1 Å². The summed E-state index contributed by atoms with van der Waals surface area (Å²) in [6.07, 6.45) is 0.0990. The Labute approximate surface area is 113 Å². The third-order valence-corrected chi connectivity index (χ3v) is 3.42. The van der Waals surface area contributed by atoms with Crippen LogP contribution < -0.4 is 5.32 Å². The van der Waals surface area contributed by atoms with Crippen molar-refractivity contribution in [2.75, 3.05) is 5.75 Å². The first-order valence-electron chi connectivity index (χ1n) is 6.19. The van der Waals surface area contributed by atoms with E-state index in [9.17, 15) is 9.90 Å². The number of hydrogen-bond donors (Lipinski definition) is 2. The van der Waals surface area contributed by atoms with Crippen LogP contribution >= 0.6 is 11.8 Å². The molecule has 1 atom stereocenters. The normalized spacial score (nSPS) is 12.5. The molecular formula is C14H21NO2S. The number of benzene rings is 1. The Balaban J connectivity index is 2.33. The summed E-state index contributed by atoms with van der Waals surface area (Å²) in [7, 11) is 0. The molecule has 3 nitrogen and oxygen atoms in total. The number of carbonyl (C=O) groups is 1. The van der Waals surface area contributed by atoms with Crippen molar-refractivity contribution in [1.82, 2.24) is 5.32 Å². The average molecular weight is 267 g/mol. The standard InChI is InChI=1S/C14H21NO2S/c1-10(2)15-14(17)8-9-18-13-6-4-12(5-7-13)11(3)16/h4-7,10-11,16H,8-9H2,1-3H3,(H,15,17). The number of aliphatic hydroxyl groups is 1. The highest BCUT2D eigenvalue weighted by molar-refractivity contribution is 7.99. The van der Waals surface area contributed by atoms with Gasteiger partial charge in [-0.3, -0.25) is 4.79 Å². The number of nitrogens with one attached hydrogen (secondary N) is 1. The summed E-state index contributed by atoms with van der Waals surface area (Å²) in [5.41, 5.74) is 0.914. The van der Waals surface area contributed by atoms with Crippen LogP contribution in [0.3, 0.4) is 0 Å². The molecule has 0 heterocycles. The minimum absolute atomic E-state index is 0.0955. The van der Waals surface area contributed by atoms with Crippen LogP contribution in [0.4, 0.5) is 0 Å². The fourth-order valence-corrected chi connectivity index (χ4v) is 2.35. The van der Waals surface area contributed by atoms with Gasteiger partial charge in [-0.2, -0.15) is 0 Å². The molecule has 0 saturated carbocycles.